The van der Waals surface area contributed by atoms with Crippen molar-refractivity contribution < 1.29 is 52.6 Å². The molecular formula is C30H40O11. The van der Waals surface area contributed by atoms with Gasteiger partial charge in [0.25, 0.3) is 0 Å². The lowest BCUT2D eigenvalue weighted by molar-refractivity contribution is -0.173. The van der Waals surface area contributed by atoms with E-state index in [4.69, 9.17) is 32.8 Å². The van der Waals surface area contributed by atoms with Gasteiger partial charge in [0.15, 0.2) is 0 Å². The van der Waals surface area contributed by atoms with Crippen LogP contribution in [0.15, 0.2) is 46.8 Å². The Morgan fingerprint density at radius 1 is 1.15 bits per heavy atom. The van der Waals surface area contributed by atoms with Crippen molar-refractivity contribution in [1.82, 2.24) is 0 Å². The number of rotatable bonds is 9. The molecule has 41 heavy (non-hydrogen) atoms. The highest BCUT2D eigenvalue weighted by atomic mass is 16.6. The molecule has 11 heteroatoms. The van der Waals surface area contributed by atoms with Crippen LogP contribution < -0.4 is 0 Å². The minimum absolute atomic E-state index is 0.0109. The standard InChI is InChI=1S/C30H40O11/c1-15-10-16(2)30-21(19(12-35-3)29(34)39-25(15)22(31)14-37-5)7-6-18-23(30)24(32)20(13-36-4)26(27(18)41-30)40-28(33)17-8-9-38-11-17/h6-11,15,18-27,31-32H,12-14H2,1-5H3/b16-10+/t15-,18-,19-,20-,21-,22-,23+,24-,25+,26-,27-,30+/m1/s1. The first-order valence-electron chi connectivity index (χ1n) is 14.0. The fourth-order valence-electron chi connectivity index (χ4n) is 7.57. The average Bonchev–Trinajstić information content (AvgIpc) is 3.54. The maximum Gasteiger partial charge on any atom is 0.341 e. The molecule has 0 aromatic carbocycles. The van der Waals surface area contributed by atoms with E-state index < -0.39 is 77.6 Å². The fourth-order valence-corrected chi connectivity index (χ4v) is 7.57. The summed E-state index contributed by atoms with van der Waals surface area (Å²) < 4.78 is 40.2. The summed E-state index contributed by atoms with van der Waals surface area (Å²) in [6.45, 7) is 3.94. The van der Waals surface area contributed by atoms with E-state index >= 15 is 0 Å². The van der Waals surface area contributed by atoms with Gasteiger partial charge in [0.2, 0.25) is 0 Å². The molecule has 2 N–H and O–H groups in total. The molecule has 2 fully saturated rings. The summed E-state index contributed by atoms with van der Waals surface area (Å²) in [4.78, 5) is 26.8. The van der Waals surface area contributed by atoms with Crippen LogP contribution in [0.5, 0.6) is 0 Å². The first kappa shape index (κ1) is 29.9. The fraction of sp³-hybridized carbons (Fsp3) is 0.667. The van der Waals surface area contributed by atoms with Crippen molar-refractivity contribution in [2.75, 3.05) is 41.2 Å². The number of ether oxygens (including phenoxy) is 6. The van der Waals surface area contributed by atoms with Crippen molar-refractivity contribution in [2.45, 2.75) is 50.0 Å². The Balaban J connectivity index is 1.61. The lowest BCUT2D eigenvalue weighted by Gasteiger charge is -2.49. The first-order chi connectivity index (χ1) is 19.7. The largest absolute Gasteiger partial charge is 0.472 e. The summed E-state index contributed by atoms with van der Waals surface area (Å²) in [5.74, 6) is -4.26. The Bertz CT molecular complexity index is 1150. The number of furan rings is 1. The van der Waals surface area contributed by atoms with Crippen molar-refractivity contribution >= 4 is 11.9 Å². The molecule has 11 nitrogen and oxygen atoms in total. The Kier molecular flexibility index (Phi) is 8.75. The number of methoxy groups -OCH3 is 3. The number of carbonyl (C=O) groups is 2. The van der Waals surface area contributed by atoms with Gasteiger partial charge < -0.3 is 43.1 Å². The maximum atomic E-state index is 13.8. The van der Waals surface area contributed by atoms with E-state index in [-0.39, 0.29) is 31.3 Å². The lowest BCUT2D eigenvalue weighted by Crippen LogP contribution is -2.59. The van der Waals surface area contributed by atoms with E-state index in [1.165, 1.54) is 39.9 Å². The Morgan fingerprint density at radius 2 is 1.90 bits per heavy atom. The second kappa shape index (κ2) is 12.0. The first-order valence-corrected chi connectivity index (χ1v) is 14.0. The minimum atomic E-state index is -1.14. The monoisotopic (exact) mass is 576 g/mol. The third-order valence-electron chi connectivity index (χ3n) is 9.27. The highest BCUT2D eigenvalue weighted by Gasteiger charge is 2.71. The molecule has 1 spiro atoms. The van der Waals surface area contributed by atoms with Gasteiger partial charge in [0.05, 0.1) is 43.7 Å². The number of carbonyl (C=O) groups excluding carboxylic acids is 2. The van der Waals surface area contributed by atoms with E-state index in [0.29, 0.717) is 0 Å². The molecular weight excluding hydrogens is 536 g/mol. The van der Waals surface area contributed by atoms with Gasteiger partial charge in [-0.15, -0.1) is 0 Å². The molecule has 0 amide bonds. The normalized spacial score (nSPS) is 41.7. The third-order valence-corrected chi connectivity index (χ3v) is 9.27. The number of aliphatic hydroxyl groups excluding tert-OH is 2. The van der Waals surface area contributed by atoms with Crippen LogP contribution in [-0.2, 0) is 33.2 Å². The zero-order valence-corrected chi connectivity index (χ0v) is 24.0. The third kappa shape index (κ3) is 4.96. The molecule has 1 aromatic heterocycles. The van der Waals surface area contributed by atoms with E-state index in [2.05, 4.69) is 0 Å². The second-order valence-electron chi connectivity index (χ2n) is 11.6. The lowest BCUT2D eigenvalue weighted by atomic mass is 9.56. The Hall–Kier alpha value is -2.54. The van der Waals surface area contributed by atoms with E-state index in [1.807, 2.05) is 32.1 Å². The van der Waals surface area contributed by atoms with Crippen LogP contribution in [-0.4, -0.2) is 99.4 Å². The van der Waals surface area contributed by atoms with Crippen molar-refractivity contribution in [3.8, 4) is 0 Å². The smallest absolute Gasteiger partial charge is 0.341 e. The molecule has 226 valence electrons. The predicted octanol–water partition coefficient (Wildman–Crippen LogP) is 1.78. The van der Waals surface area contributed by atoms with Gasteiger partial charge >= 0.3 is 11.9 Å². The molecule has 2 aliphatic heterocycles. The van der Waals surface area contributed by atoms with Gasteiger partial charge in [0, 0.05) is 50.9 Å². The minimum Gasteiger partial charge on any atom is -0.472 e. The zero-order valence-electron chi connectivity index (χ0n) is 24.0. The molecule has 0 radical (unpaired) electrons. The van der Waals surface area contributed by atoms with Crippen LogP contribution in [0, 0.1) is 35.5 Å². The van der Waals surface area contributed by atoms with E-state index in [0.717, 1.165) is 5.57 Å². The van der Waals surface area contributed by atoms with Crippen molar-refractivity contribution in [1.29, 1.82) is 0 Å². The molecule has 1 saturated heterocycles. The topological polar surface area (TPSA) is 143 Å². The summed E-state index contributed by atoms with van der Waals surface area (Å²) in [6, 6.07) is 1.51. The quantitative estimate of drug-likeness (QED) is 0.328. The zero-order chi connectivity index (χ0) is 29.5. The van der Waals surface area contributed by atoms with Crippen LogP contribution in [0.25, 0.3) is 0 Å². The number of hydrogen-bond donors (Lipinski definition) is 2. The average molecular weight is 577 g/mol. The molecule has 4 aliphatic rings. The summed E-state index contributed by atoms with van der Waals surface area (Å²) in [5.41, 5.74) is -0.0896. The van der Waals surface area contributed by atoms with Crippen molar-refractivity contribution in [3.63, 3.8) is 0 Å². The van der Waals surface area contributed by atoms with Crippen molar-refractivity contribution in [3.05, 3.63) is 48.0 Å². The van der Waals surface area contributed by atoms with Crippen LogP contribution in [0.3, 0.4) is 0 Å². The van der Waals surface area contributed by atoms with Crippen LogP contribution >= 0.6 is 0 Å². The molecule has 2 aliphatic carbocycles. The van der Waals surface area contributed by atoms with Gasteiger partial charge in [-0.2, -0.15) is 0 Å². The maximum absolute atomic E-state index is 13.8. The highest BCUT2D eigenvalue weighted by Crippen LogP contribution is 2.62. The van der Waals surface area contributed by atoms with Gasteiger partial charge in [0.1, 0.15) is 36.3 Å². The van der Waals surface area contributed by atoms with Gasteiger partial charge in [-0.1, -0.05) is 25.2 Å². The number of aliphatic hydroxyl groups is 2. The number of hydrogen-bond acceptors (Lipinski definition) is 11. The molecule has 1 saturated carbocycles. The Morgan fingerprint density at radius 3 is 2.56 bits per heavy atom. The number of cyclic esters (lactones) is 1. The van der Waals surface area contributed by atoms with Gasteiger partial charge in [-0.05, 0) is 18.6 Å². The molecule has 4 bridgehead atoms. The van der Waals surface area contributed by atoms with Crippen LogP contribution in [0.2, 0.25) is 0 Å². The van der Waals surface area contributed by atoms with Gasteiger partial charge in [-0.3, -0.25) is 4.79 Å². The Labute approximate surface area is 239 Å². The van der Waals surface area contributed by atoms with Crippen LogP contribution in [0.4, 0.5) is 0 Å². The summed E-state index contributed by atoms with van der Waals surface area (Å²) in [7, 11) is 4.51. The highest BCUT2D eigenvalue weighted by molar-refractivity contribution is 5.89. The summed E-state index contributed by atoms with van der Waals surface area (Å²) in [6.07, 6.45) is 4.16. The SMILES string of the molecule is COC[C@@H]1[C@@H](O)[C@@H]2[C@H]3C=C[C@@H]4[C@@H](COC)C(=O)O[C@H]([C@H](O)COC)[C@H](C)/C=C(\C)[C@@]24O[C@H]3[C@@H]1OC(=O)c1ccoc1. The van der Waals surface area contributed by atoms with Crippen molar-refractivity contribution in [2.24, 2.45) is 35.5 Å². The number of esters is 2. The van der Waals surface area contributed by atoms with Gasteiger partial charge in [-0.25, -0.2) is 4.79 Å². The molecule has 0 unspecified atom stereocenters. The summed E-state index contributed by atoms with van der Waals surface area (Å²) >= 11 is 0. The summed E-state index contributed by atoms with van der Waals surface area (Å²) in [5, 5.41) is 22.8. The van der Waals surface area contributed by atoms with Crippen LogP contribution in [0.1, 0.15) is 24.2 Å². The van der Waals surface area contributed by atoms with E-state index in [1.54, 1.807) is 0 Å². The second-order valence-corrected chi connectivity index (χ2v) is 11.6. The molecule has 5 rings (SSSR count). The molecule has 12 atom stereocenters. The van der Waals surface area contributed by atoms with E-state index in [9.17, 15) is 19.8 Å². The molecule has 1 aromatic rings. The predicted molar refractivity (Wildman–Crippen MR) is 143 cm³/mol. The molecule has 3 heterocycles.